The number of carbonyl (C=O) groups excluding carboxylic acids is 2. The molecular weight excluding hydrogens is 240 g/mol. The first kappa shape index (κ1) is 21.0. The van der Waals surface area contributed by atoms with Crippen LogP contribution in [0.4, 0.5) is 0 Å². The summed E-state index contributed by atoms with van der Waals surface area (Å²) in [4.78, 5) is 28.9. The average molecular weight is 257 g/mol. The van der Waals surface area contributed by atoms with Gasteiger partial charge in [0.2, 0.25) is 0 Å². The molecule has 0 unspecified atom stereocenters. The zero-order valence-electron chi connectivity index (χ0n) is 10.7. The van der Waals surface area contributed by atoms with Crippen LogP contribution in [0.25, 0.3) is 0 Å². The van der Waals surface area contributed by atoms with Crippen LogP contribution in [0.2, 0.25) is 0 Å². The number of carboxylic acids is 2. The number of rotatable bonds is 3. The minimum Gasteiger partial charge on any atom is -0.545 e. The highest BCUT2D eigenvalue weighted by Crippen LogP contribution is 1.87. The molecule has 6 heteroatoms. The Morgan fingerprint density at radius 1 is 1.17 bits per heavy atom. The van der Waals surface area contributed by atoms with Gasteiger partial charge in [-0.2, -0.15) is 0 Å². The number of esters is 1. The number of methoxy groups -OCH3 is 1. The fourth-order valence-corrected chi connectivity index (χ4v) is 0.174. The van der Waals surface area contributed by atoms with E-state index < -0.39 is 11.9 Å². The zero-order chi connectivity index (χ0) is 15.3. The van der Waals surface area contributed by atoms with E-state index >= 15 is 0 Å². The molecule has 0 spiro atoms. The standard InChI is InChI=1S/C5H8O2.C4H6O2.C3H4O2/c1-4(2)5(6)7-3;1-3(2)4(5)6;1-2-3(4)5/h1H2,2-3H3;1H2,2H3,(H,5,6);2H,1H2,(H,4,5)/p-1. The Kier molecular flexibility index (Phi) is 14.8. The summed E-state index contributed by atoms with van der Waals surface area (Å²) in [5, 5.41) is 17.0. The quantitative estimate of drug-likeness (QED) is 0.576. The van der Waals surface area contributed by atoms with Crippen molar-refractivity contribution in [2.24, 2.45) is 0 Å². The van der Waals surface area contributed by atoms with E-state index in [9.17, 15) is 9.59 Å². The van der Waals surface area contributed by atoms with Gasteiger partial charge in [0.05, 0.1) is 13.1 Å². The molecule has 0 heterocycles. The highest BCUT2D eigenvalue weighted by atomic mass is 16.5. The molecule has 0 radical (unpaired) electrons. The van der Waals surface area contributed by atoms with Crippen LogP contribution in [0.3, 0.4) is 0 Å². The smallest absolute Gasteiger partial charge is 0.332 e. The molecule has 0 rings (SSSR count). The third kappa shape index (κ3) is 23.4. The van der Waals surface area contributed by atoms with E-state index in [4.69, 9.17) is 15.0 Å². The molecule has 0 aliphatic heterocycles. The van der Waals surface area contributed by atoms with Crippen molar-refractivity contribution in [2.45, 2.75) is 13.8 Å². The Bertz CT molecular complexity index is 328. The monoisotopic (exact) mass is 257 g/mol. The van der Waals surface area contributed by atoms with Gasteiger partial charge in [0.15, 0.2) is 0 Å². The summed E-state index contributed by atoms with van der Waals surface area (Å²) >= 11 is 0. The first-order valence-corrected chi connectivity index (χ1v) is 4.56. The summed E-state index contributed by atoms with van der Waals surface area (Å²) in [5.74, 6) is -2.51. The van der Waals surface area contributed by atoms with E-state index in [1.165, 1.54) is 14.0 Å². The normalized spacial score (nSPS) is 7.28. The van der Waals surface area contributed by atoms with Crippen molar-refractivity contribution in [1.29, 1.82) is 0 Å². The molecule has 0 fully saturated rings. The Labute approximate surface area is 106 Å². The number of hydrogen-bond acceptors (Lipinski definition) is 5. The third-order valence-corrected chi connectivity index (χ3v) is 1.07. The zero-order valence-corrected chi connectivity index (χ0v) is 10.7. The van der Waals surface area contributed by atoms with Crippen LogP contribution < -0.4 is 5.11 Å². The lowest BCUT2D eigenvalue weighted by molar-refractivity contribution is -0.297. The first-order valence-electron chi connectivity index (χ1n) is 4.56. The lowest BCUT2D eigenvalue weighted by Crippen LogP contribution is -2.17. The largest absolute Gasteiger partial charge is 0.545 e. The second-order valence-electron chi connectivity index (χ2n) is 2.88. The maximum absolute atomic E-state index is 10.2. The van der Waals surface area contributed by atoms with E-state index in [0.717, 1.165) is 6.08 Å². The van der Waals surface area contributed by atoms with Crippen molar-refractivity contribution >= 4 is 17.9 Å². The van der Waals surface area contributed by atoms with Crippen LogP contribution >= 0.6 is 0 Å². The van der Waals surface area contributed by atoms with Gasteiger partial charge in [-0.05, 0) is 19.9 Å². The molecule has 0 aromatic heterocycles. The fourth-order valence-electron chi connectivity index (χ4n) is 0.174. The Balaban J connectivity index is -0.000000190. The van der Waals surface area contributed by atoms with Gasteiger partial charge in [-0.25, -0.2) is 9.59 Å². The van der Waals surface area contributed by atoms with E-state index in [-0.39, 0.29) is 11.5 Å². The van der Waals surface area contributed by atoms with E-state index in [0.29, 0.717) is 5.57 Å². The predicted octanol–water partition coefficient (Wildman–Crippen LogP) is 0.305. The molecule has 0 aliphatic carbocycles. The summed E-state index contributed by atoms with van der Waals surface area (Å²) in [5.41, 5.74) is 0.609. The molecule has 6 nitrogen and oxygen atoms in total. The van der Waals surface area contributed by atoms with Gasteiger partial charge in [0.1, 0.15) is 0 Å². The van der Waals surface area contributed by atoms with Gasteiger partial charge >= 0.3 is 11.9 Å². The van der Waals surface area contributed by atoms with Crippen LogP contribution in [0.5, 0.6) is 0 Å². The van der Waals surface area contributed by atoms with Crippen molar-refractivity contribution in [1.82, 2.24) is 0 Å². The summed E-state index contributed by atoms with van der Waals surface area (Å²) < 4.78 is 4.27. The lowest BCUT2D eigenvalue weighted by atomic mass is 10.4. The van der Waals surface area contributed by atoms with Crippen LogP contribution in [0.15, 0.2) is 37.0 Å². The van der Waals surface area contributed by atoms with E-state index in [1.807, 2.05) is 0 Å². The molecule has 0 aliphatic rings. The van der Waals surface area contributed by atoms with Crippen molar-refractivity contribution < 1.29 is 29.3 Å². The SMILES string of the molecule is C=C(C)C(=O)O.C=C(C)C(=O)OC.C=CC(=O)[O-]. The fraction of sp³-hybridized carbons (Fsp3) is 0.250. The van der Waals surface area contributed by atoms with E-state index in [2.05, 4.69) is 24.5 Å². The summed E-state index contributed by atoms with van der Waals surface area (Å²) in [6.07, 6.45) is 0.722. The molecule has 1 N–H and O–H groups in total. The highest BCUT2D eigenvalue weighted by Gasteiger charge is 1.95. The first-order chi connectivity index (χ1) is 8.09. The molecule has 0 atom stereocenters. The van der Waals surface area contributed by atoms with Crippen LogP contribution in [0.1, 0.15) is 13.8 Å². The maximum atomic E-state index is 10.2. The second kappa shape index (κ2) is 12.7. The summed E-state index contributed by atoms with van der Waals surface area (Å²) in [6.45, 7) is 12.5. The van der Waals surface area contributed by atoms with Gasteiger partial charge in [0.25, 0.3) is 0 Å². The molecule has 0 aromatic rings. The Morgan fingerprint density at radius 2 is 1.44 bits per heavy atom. The van der Waals surface area contributed by atoms with Crippen LogP contribution in [-0.4, -0.2) is 30.1 Å². The molecule has 0 bridgehead atoms. The number of ether oxygens (including phenoxy) is 1. The van der Waals surface area contributed by atoms with Crippen molar-refractivity contribution in [3.63, 3.8) is 0 Å². The van der Waals surface area contributed by atoms with Gasteiger partial charge < -0.3 is 19.7 Å². The van der Waals surface area contributed by atoms with Crippen molar-refractivity contribution in [3.8, 4) is 0 Å². The molecule has 18 heavy (non-hydrogen) atoms. The topological polar surface area (TPSA) is 104 Å². The van der Waals surface area contributed by atoms with Gasteiger partial charge in [-0.15, -0.1) is 0 Å². The Hall–Kier alpha value is -2.37. The molecule has 0 saturated carbocycles. The predicted molar refractivity (Wildman–Crippen MR) is 64.5 cm³/mol. The van der Waals surface area contributed by atoms with Gasteiger partial charge in [0, 0.05) is 11.1 Å². The molecule has 0 saturated heterocycles. The molecule has 0 aromatic carbocycles. The lowest BCUT2D eigenvalue weighted by Gasteiger charge is -1.91. The van der Waals surface area contributed by atoms with E-state index in [1.54, 1.807) is 6.92 Å². The number of carbonyl (C=O) groups is 3. The molecular formula is C12H17O6-. The van der Waals surface area contributed by atoms with Crippen LogP contribution in [-0.2, 0) is 19.1 Å². The summed E-state index contributed by atoms with van der Waals surface area (Å²) in [7, 11) is 1.33. The third-order valence-electron chi connectivity index (χ3n) is 1.07. The minimum atomic E-state index is -1.23. The Morgan fingerprint density at radius 3 is 1.44 bits per heavy atom. The van der Waals surface area contributed by atoms with Crippen molar-refractivity contribution in [3.05, 3.63) is 37.0 Å². The molecule has 0 amide bonds. The second-order valence-corrected chi connectivity index (χ2v) is 2.88. The number of carboxylic acid groups (broad SMARTS) is 2. The average Bonchev–Trinajstić information content (AvgIpc) is 2.29. The summed E-state index contributed by atoms with van der Waals surface area (Å²) in [6, 6.07) is 0. The minimum absolute atomic E-state index is 0.176. The van der Waals surface area contributed by atoms with Gasteiger partial charge in [-0.1, -0.05) is 19.7 Å². The van der Waals surface area contributed by atoms with Crippen molar-refractivity contribution in [2.75, 3.05) is 7.11 Å². The number of hydrogen-bond donors (Lipinski definition) is 1. The highest BCUT2D eigenvalue weighted by molar-refractivity contribution is 5.86. The van der Waals surface area contributed by atoms with Crippen LogP contribution in [0, 0.1) is 0 Å². The number of aliphatic carboxylic acids is 2. The maximum Gasteiger partial charge on any atom is 0.332 e. The molecule has 102 valence electrons. The van der Waals surface area contributed by atoms with Gasteiger partial charge in [-0.3, -0.25) is 0 Å².